The lowest BCUT2D eigenvalue weighted by Crippen LogP contribution is -2.70. The number of anilines is 2. The zero-order chi connectivity index (χ0) is 19.8. The van der Waals surface area contributed by atoms with E-state index >= 15 is 0 Å². The Morgan fingerprint density at radius 2 is 1.76 bits per heavy atom. The minimum absolute atomic E-state index is 0.0876. The first-order valence-electron chi connectivity index (χ1n) is 10.9. The van der Waals surface area contributed by atoms with E-state index in [1.54, 1.807) is 0 Å². The third-order valence-electron chi connectivity index (χ3n) is 7.04. The molecule has 1 aliphatic carbocycles. The monoisotopic (exact) mass is 391 g/mol. The summed E-state index contributed by atoms with van der Waals surface area (Å²) in [5.74, 6) is 1.03. The topological polar surface area (TPSA) is 55.8 Å². The van der Waals surface area contributed by atoms with Crippen LogP contribution in [0.2, 0.25) is 0 Å². The summed E-state index contributed by atoms with van der Waals surface area (Å²) in [6, 6.07) is 18.2. The molecule has 2 aromatic carbocycles. The fourth-order valence-electron chi connectivity index (χ4n) is 5.63. The van der Waals surface area contributed by atoms with Crippen molar-refractivity contribution in [2.75, 3.05) is 29.9 Å². The van der Waals surface area contributed by atoms with Crippen LogP contribution in [-0.4, -0.2) is 47.8 Å². The highest BCUT2D eigenvalue weighted by Crippen LogP contribution is 2.49. The Morgan fingerprint density at radius 3 is 2.52 bits per heavy atom. The van der Waals surface area contributed by atoms with Crippen LogP contribution in [0.4, 0.5) is 16.2 Å². The first-order valence-corrected chi connectivity index (χ1v) is 10.9. The van der Waals surface area contributed by atoms with Crippen LogP contribution in [0.25, 0.3) is 0 Å². The van der Waals surface area contributed by atoms with Gasteiger partial charge in [0.1, 0.15) is 0 Å². The van der Waals surface area contributed by atoms with Crippen LogP contribution >= 0.6 is 0 Å². The van der Waals surface area contributed by atoms with Gasteiger partial charge in [0.05, 0.1) is 6.61 Å². The molecule has 2 aliphatic heterocycles. The van der Waals surface area contributed by atoms with Gasteiger partial charge in [-0.3, -0.25) is 9.80 Å². The average molecular weight is 392 g/mol. The number of hydrogen-bond acceptors (Lipinski definition) is 3. The highest BCUT2D eigenvalue weighted by atomic mass is 16.3. The lowest BCUT2D eigenvalue weighted by atomic mass is 9.71. The zero-order valence-corrected chi connectivity index (χ0v) is 16.7. The molecular formula is C24H29N3O2. The molecule has 2 N–H and O–H groups in total. The molecule has 5 nitrogen and oxygen atoms in total. The van der Waals surface area contributed by atoms with E-state index in [1.807, 2.05) is 53.4 Å². The van der Waals surface area contributed by atoms with E-state index in [4.69, 9.17) is 0 Å². The summed E-state index contributed by atoms with van der Waals surface area (Å²) in [5.41, 5.74) is 2.97. The van der Waals surface area contributed by atoms with E-state index in [0.29, 0.717) is 12.5 Å². The Kier molecular flexibility index (Phi) is 5.02. The number of para-hydroxylation sites is 2. The van der Waals surface area contributed by atoms with Gasteiger partial charge in [0, 0.05) is 42.5 Å². The molecule has 2 fully saturated rings. The number of benzene rings is 2. The normalized spacial score (nSPS) is 26.5. The maximum atomic E-state index is 13.2. The molecule has 2 amide bonds. The van der Waals surface area contributed by atoms with Crippen molar-refractivity contribution < 1.29 is 9.90 Å². The molecule has 0 unspecified atom stereocenters. The van der Waals surface area contributed by atoms with Gasteiger partial charge in [0.25, 0.3) is 0 Å². The number of likely N-dealkylation sites (tertiary alicyclic amines) is 1. The number of carbonyl (C=O) groups is 1. The smallest absolute Gasteiger partial charge is 0.326 e. The van der Waals surface area contributed by atoms with Crippen LogP contribution in [0, 0.1) is 5.92 Å². The quantitative estimate of drug-likeness (QED) is 0.826. The van der Waals surface area contributed by atoms with Crippen LogP contribution in [0.3, 0.4) is 0 Å². The van der Waals surface area contributed by atoms with Crippen molar-refractivity contribution >= 4 is 17.4 Å². The molecule has 152 valence electrons. The highest BCUT2D eigenvalue weighted by molar-refractivity contribution is 6.02. The molecule has 2 aromatic rings. The Bertz CT molecular complexity index is 865. The van der Waals surface area contributed by atoms with Gasteiger partial charge < -0.3 is 10.4 Å². The number of fused-ring (bicyclic) bond motifs is 3. The Morgan fingerprint density at radius 1 is 1.03 bits per heavy atom. The first-order chi connectivity index (χ1) is 14.3. The standard InChI is InChI=1S/C24H29N3O2/c28-16-22-23-19-12-6-7-13-20(19)27(24(29)25-18-10-2-1-3-11-18)15-21(23)26(22)14-17-8-4-5-9-17/h1-3,6-7,10-13,17,21-23,28H,4-5,8-9,14-16H2,(H,25,29)/t21-,22-,23+/m0/s1. The van der Waals surface area contributed by atoms with Crippen LogP contribution in [0.5, 0.6) is 0 Å². The molecule has 0 bridgehead atoms. The number of nitrogens with zero attached hydrogens (tertiary/aromatic N) is 2. The summed E-state index contributed by atoms with van der Waals surface area (Å²) in [4.78, 5) is 17.5. The van der Waals surface area contributed by atoms with Gasteiger partial charge in [-0.2, -0.15) is 0 Å². The summed E-state index contributed by atoms with van der Waals surface area (Å²) in [7, 11) is 0. The van der Waals surface area contributed by atoms with Gasteiger partial charge in [-0.1, -0.05) is 49.2 Å². The second kappa shape index (κ2) is 7.81. The molecule has 5 rings (SSSR count). The van der Waals surface area contributed by atoms with E-state index < -0.39 is 0 Å². The van der Waals surface area contributed by atoms with Crippen molar-refractivity contribution in [1.82, 2.24) is 4.90 Å². The maximum Gasteiger partial charge on any atom is 0.326 e. The first kappa shape index (κ1) is 18.6. The molecule has 0 aromatic heterocycles. The Hall–Kier alpha value is -2.37. The molecule has 5 heteroatoms. The van der Waals surface area contributed by atoms with Crippen LogP contribution in [0.1, 0.15) is 37.2 Å². The zero-order valence-electron chi connectivity index (χ0n) is 16.7. The van der Waals surface area contributed by atoms with Crippen molar-refractivity contribution in [3.05, 3.63) is 60.2 Å². The second-order valence-corrected chi connectivity index (χ2v) is 8.66. The van der Waals surface area contributed by atoms with Crippen molar-refractivity contribution in [2.45, 2.75) is 43.7 Å². The van der Waals surface area contributed by atoms with Crippen LogP contribution in [-0.2, 0) is 0 Å². The maximum absolute atomic E-state index is 13.2. The Labute approximate surface area is 172 Å². The van der Waals surface area contributed by atoms with E-state index in [2.05, 4.69) is 16.3 Å². The van der Waals surface area contributed by atoms with E-state index in [-0.39, 0.29) is 24.7 Å². The molecule has 0 spiro atoms. The summed E-state index contributed by atoms with van der Waals surface area (Å²) < 4.78 is 0. The fraction of sp³-hybridized carbons (Fsp3) is 0.458. The van der Waals surface area contributed by atoms with Crippen molar-refractivity contribution in [1.29, 1.82) is 0 Å². The summed E-state index contributed by atoms with van der Waals surface area (Å²) in [6.07, 6.45) is 5.23. The summed E-state index contributed by atoms with van der Waals surface area (Å²) >= 11 is 0. The number of carbonyl (C=O) groups excluding carboxylic acids is 1. The lowest BCUT2D eigenvalue weighted by Gasteiger charge is -2.59. The number of urea groups is 1. The van der Waals surface area contributed by atoms with Gasteiger partial charge in [-0.15, -0.1) is 0 Å². The number of hydrogen-bond donors (Lipinski definition) is 2. The summed E-state index contributed by atoms with van der Waals surface area (Å²) in [5, 5.41) is 13.2. The van der Waals surface area contributed by atoms with Crippen LogP contribution < -0.4 is 10.2 Å². The SMILES string of the molecule is O=C(Nc1ccccc1)N1C[C@H]2[C@@H](c3ccccc31)[C@H](CO)N2CC1CCCC1. The largest absolute Gasteiger partial charge is 0.395 e. The van der Waals surface area contributed by atoms with Gasteiger partial charge in [-0.05, 0) is 42.5 Å². The van der Waals surface area contributed by atoms with Gasteiger partial charge in [0.15, 0.2) is 0 Å². The minimum atomic E-state index is -0.0876. The predicted molar refractivity (Wildman–Crippen MR) is 115 cm³/mol. The molecule has 2 heterocycles. The molecule has 29 heavy (non-hydrogen) atoms. The van der Waals surface area contributed by atoms with E-state index in [9.17, 15) is 9.90 Å². The number of aliphatic hydroxyl groups is 1. The average Bonchev–Trinajstić information content (AvgIpc) is 3.26. The molecular weight excluding hydrogens is 362 g/mol. The lowest BCUT2D eigenvalue weighted by molar-refractivity contribution is -0.0509. The van der Waals surface area contributed by atoms with Crippen molar-refractivity contribution in [3.8, 4) is 0 Å². The van der Waals surface area contributed by atoms with E-state index in [1.165, 1.54) is 31.2 Å². The minimum Gasteiger partial charge on any atom is -0.395 e. The number of amides is 2. The fourth-order valence-corrected chi connectivity index (χ4v) is 5.63. The van der Waals surface area contributed by atoms with Gasteiger partial charge >= 0.3 is 6.03 Å². The highest BCUT2D eigenvalue weighted by Gasteiger charge is 2.53. The molecule has 3 aliphatic rings. The number of aliphatic hydroxyl groups excluding tert-OH is 1. The van der Waals surface area contributed by atoms with Crippen molar-refractivity contribution in [3.63, 3.8) is 0 Å². The Balaban J connectivity index is 1.41. The molecule has 1 saturated carbocycles. The third kappa shape index (κ3) is 3.32. The van der Waals surface area contributed by atoms with E-state index in [0.717, 1.165) is 23.8 Å². The number of rotatable bonds is 4. The van der Waals surface area contributed by atoms with Crippen LogP contribution in [0.15, 0.2) is 54.6 Å². The molecule has 1 saturated heterocycles. The second-order valence-electron chi connectivity index (χ2n) is 8.66. The summed E-state index contributed by atoms with van der Waals surface area (Å²) in [6.45, 7) is 1.89. The molecule has 0 radical (unpaired) electrons. The van der Waals surface area contributed by atoms with Gasteiger partial charge in [0.2, 0.25) is 0 Å². The number of nitrogens with one attached hydrogen (secondary N) is 1. The van der Waals surface area contributed by atoms with Crippen molar-refractivity contribution in [2.24, 2.45) is 5.92 Å². The molecule has 3 atom stereocenters. The van der Waals surface area contributed by atoms with Gasteiger partial charge in [-0.25, -0.2) is 4.79 Å². The third-order valence-corrected chi connectivity index (χ3v) is 7.04. The predicted octanol–water partition coefficient (Wildman–Crippen LogP) is 4.06.